The van der Waals surface area contributed by atoms with Gasteiger partial charge < -0.3 is 9.80 Å². The SMILES string of the molecule is CC(C)n1cc(C(=O)N2CC3(C2)CN(c2cncc(N4C(=O)c5ccc(C#N)cc5C4(C)C)c2)C3)cn1. The van der Waals surface area contributed by atoms with E-state index in [1.807, 2.05) is 51.1 Å². The fourth-order valence-corrected chi connectivity index (χ4v) is 5.92. The van der Waals surface area contributed by atoms with Crippen molar-refractivity contribution in [3.63, 3.8) is 0 Å². The first-order chi connectivity index (χ1) is 17.6. The molecule has 3 aromatic rings. The van der Waals surface area contributed by atoms with Crippen molar-refractivity contribution in [1.82, 2.24) is 19.7 Å². The van der Waals surface area contributed by atoms with E-state index in [0.29, 0.717) is 16.7 Å². The van der Waals surface area contributed by atoms with Crippen LogP contribution in [0.3, 0.4) is 0 Å². The predicted molar refractivity (Wildman–Crippen MR) is 138 cm³/mol. The van der Waals surface area contributed by atoms with Gasteiger partial charge in [0.15, 0.2) is 0 Å². The lowest BCUT2D eigenvalue weighted by molar-refractivity contribution is -0.0105. The van der Waals surface area contributed by atoms with Gasteiger partial charge in [0.25, 0.3) is 11.8 Å². The monoisotopic (exact) mass is 495 g/mol. The van der Waals surface area contributed by atoms with Gasteiger partial charge in [-0.05, 0) is 57.5 Å². The molecular weight excluding hydrogens is 466 g/mol. The Kier molecular flexibility index (Phi) is 4.96. The van der Waals surface area contributed by atoms with Crippen LogP contribution in [0.15, 0.2) is 49.1 Å². The summed E-state index contributed by atoms with van der Waals surface area (Å²) in [4.78, 5) is 36.6. The summed E-state index contributed by atoms with van der Waals surface area (Å²) < 4.78 is 1.81. The Morgan fingerprint density at radius 3 is 2.46 bits per heavy atom. The number of fused-ring (bicyclic) bond motifs is 1. The maximum absolute atomic E-state index is 13.3. The average molecular weight is 496 g/mol. The Balaban J connectivity index is 1.14. The number of benzene rings is 1. The largest absolute Gasteiger partial charge is 0.369 e. The van der Waals surface area contributed by atoms with Crippen LogP contribution in [0.2, 0.25) is 0 Å². The minimum Gasteiger partial charge on any atom is -0.369 e. The van der Waals surface area contributed by atoms with Crippen molar-refractivity contribution in [2.24, 2.45) is 5.41 Å². The molecule has 0 saturated carbocycles. The summed E-state index contributed by atoms with van der Waals surface area (Å²) in [5, 5.41) is 13.6. The number of likely N-dealkylation sites (tertiary alicyclic amines) is 1. The van der Waals surface area contributed by atoms with Gasteiger partial charge in [0.05, 0.1) is 52.7 Å². The third-order valence-electron chi connectivity index (χ3n) is 7.90. The van der Waals surface area contributed by atoms with E-state index in [2.05, 4.69) is 21.1 Å². The lowest BCUT2D eigenvalue weighted by atomic mass is 9.72. The summed E-state index contributed by atoms with van der Waals surface area (Å²) in [6.45, 7) is 11.2. The van der Waals surface area contributed by atoms with Gasteiger partial charge >= 0.3 is 0 Å². The number of nitrogens with zero attached hydrogens (tertiary/aromatic N) is 7. The number of aromatic nitrogens is 3. The highest BCUT2D eigenvalue weighted by atomic mass is 16.2. The molecule has 9 heteroatoms. The molecular formula is C28H29N7O2. The van der Waals surface area contributed by atoms with Crippen LogP contribution >= 0.6 is 0 Å². The molecule has 188 valence electrons. The van der Waals surface area contributed by atoms with Gasteiger partial charge in [0.1, 0.15) is 0 Å². The second-order valence-corrected chi connectivity index (χ2v) is 11.3. The number of pyridine rings is 1. The lowest BCUT2D eigenvalue weighted by Gasteiger charge is -2.60. The molecule has 0 radical (unpaired) electrons. The van der Waals surface area contributed by atoms with Gasteiger partial charge in [0, 0.05) is 49.4 Å². The average Bonchev–Trinajstić information content (AvgIpc) is 3.39. The molecule has 2 saturated heterocycles. The number of nitriles is 1. The highest BCUT2D eigenvalue weighted by Crippen LogP contribution is 2.45. The van der Waals surface area contributed by atoms with Crippen molar-refractivity contribution in [2.45, 2.75) is 39.3 Å². The van der Waals surface area contributed by atoms with Crippen LogP contribution < -0.4 is 9.80 Å². The molecule has 2 amide bonds. The summed E-state index contributed by atoms with van der Waals surface area (Å²) in [6, 6.07) is 9.64. The van der Waals surface area contributed by atoms with E-state index in [9.17, 15) is 14.9 Å². The molecule has 0 aliphatic carbocycles. The number of hydrogen-bond acceptors (Lipinski definition) is 6. The van der Waals surface area contributed by atoms with Crippen molar-refractivity contribution in [1.29, 1.82) is 5.26 Å². The number of carbonyl (C=O) groups excluding carboxylic acids is 2. The van der Waals surface area contributed by atoms with Crippen LogP contribution in [-0.4, -0.2) is 57.7 Å². The third kappa shape index (κ3) is 3.50. The zero-order chi connectivity index (χ0) is 26.1. The highest BCUT2D eigenvalue weighted by Gasteiger charge is 2.53. The molecule has 0 bridgehead atoms. The normalized spacial score (nSPS) is 19.0. The Morgan fingerprint density at radius 2 is 1.78 bits per heavy atom. The fraction of sp³-hybridized carbons (Fsp3) is 0.393. The summed E-state index contributed by atoms with van der Waals surface area (Å²) in [5.74, 6) is -0.0500. The van der Waals surface area contributed by atoms with Crippen LogP contribution in [0.5, 0.6) is 0 Å². The second-order valence-electron chi connectivity index (χ2n) is 11.3. The molecule has 5 heterocycles. The van der Waals surface area contributed by atoms with Crippen molar-refractivity contribution in [2.75, 3.05) is 36.0 Å². The van der Waals surface area contributed by atoms with E-state index < -0.39 is 5.54 Å². The van der Waals surface area contributed by atoms with Crippen LogP contribution in [0, 0.1) is 16.7 Å². The first-order valence-corrected chi connectivity index (χ1v) is 12.5. The van der Waals surface area contributed by atoms with Crippen molar-refractivity contribution < 1.29 is 9.59 Å². The van der Waals surface area contributed by atoms with E-state index in [1.54, 1.807) is 40.2 Å². The first-order valence-electron chi connectivity index (χ1n) is 12.5. The molecule has 2 fully saturated rings. The number of anilines is 2. The van der Waals surface area contributed by atoms with Gasteiger partial charge in [-0.3, -0.25) is 24.2 Å². The Hall–Kier alpha value is -4.19. The molecule has 2 aromatic heterocycles. The van der Waals surface area contributed by atoms with Gasteiger partial charge in [-0.25, -0.2) is 0 Å². The molecule has 1 aromatic carbocycles. The van der Waals surface area contributed by atoms with E-state index in [4.69, 9.17) is 0 Å². The van der Waals surface area contributed by atoms with E-state index >= 15 is 0 Å². The van der Waals surface area contributed by atoms with Crippen LogP contribution in [-0.2, 0) is 5.54 Å². The van der Waals surface area contributed by atoms with Crippen LogP contribution in [0.1, 0.15) is 65.6 Å². The summed E-state index contributed by atoms with van der Waals surface area (Å²) in [7, 11) is 0. The van der Waals surface area contributed by atoms with Crippen LogP contribution in [0.4, 0.5) is 11.4 Å². The second kappa shape index (κ2) is 7.90. The summed E-state index contributed by atoms with van der Waals surface area (Å²) >= 11 is 0. The molecule has 3 aliphatic heterocycles. The quantitative estimate of drug-likeness (QED) is 0.549. The number of hydrogen-bond donors (Lipinski definition) is 0. The smallest absolute Gasteiger partial charge is 0.259 e. The predicted octanol–water partition coefficient (Wildman–Crippen LogP) is 3.59. The maximum Gasteiger partial charge on any atom is 0.259 e. The van der Waals surface area contributed by atoms with Crippen LogP contribution in [0.25, 0.3) is 0 Å². The summed E-state index contributed by atoms with van der Waals surface area (Å²) in [5.41, 5.74) is 3.84. The van der Waals surface area contributed by atoms with E-state index in [-0.39, 0.29) is 23.3 Å². The molecule has 1 spiro atoms. The Labute approximate surface area is 215 Å². The Bertz CT molecular complexity index is 1470. The van der Waals surface area contributed by atoms with E-state index in [0.717, 1.165) is 43.1 Å². The standard InChI is InChI=1S/C28H29N7O2/c1-18(2)34-13-20(10-31-34)25(36)33-16-28(17-33)14-32(15-28)21-8-22(12-30-11-21)35-26(37)23-6-5-19(9-29)7-24(23)27(35,3)4/h5-8,10-13,18H,14-17H2,1-4H3. The number of carbonyl (C=O) groups is 2. The van der Waals surface area contributed by atoms with Gasteiger partial charge in [-0.1, -0.05) is 0 Å². The minimum absolute atomic E-state index is 0.0357. The van der Waals surface area contributed by atoms with E-state index in [1.165, 1.54) is 0 Å². The van der Waals surface area contributed by atoms with Gasteiger partial charge in [-0.2, -0.15) is 10.4 Å². The Morgan fingerprint density at radius 1 is 1.05 bits per heavy atom. The fourth-order valence-electron chi connectivity index (χ4n) is 5.92. The minimum atomic E-state index is -0.603. The number of rotatable bonds is 4. The molecule has 9 nitrogen and oxygen atoms in total. The first kappa shape index (κ1) is 23.2. The summed E-state index contributed by atoms with van der Waals surface area (Å²) in [6.07, 6.45) is 7.02. The van der Waals surface area contributed by atoms with Gasteiger partial charge in [0.2, 0.25) is 0 Å². The van der Waals surface area contributed by atoms with Gasteiger partial charge in [-0.15, -0.1) is 0 Å². The van der Waals surface area contributed by atoms with Crippen molar-refractivity contribution in [3.8, 4) is 6.07 Å². The molecule has 0 unspecified atom stereocenters. The van der Waals surface area contributed by atoms with Crippen molar-refractivity contribution >= 4 is 23.2 Å². The lowest BCUT2D eigenvalue weighted by Crippen LogP contribution is -2.73. The highest BCUT2D eigenvalue weighted by molar-refractivity contribution is 6.12. The molecule has 3 aliphatic rings. The molecule has 0 atom stereocenters. The zero-order valence-corrected chi connectivity index (χ0v) is 21.5. The maximum atomic E-state index is 13.3. The topological polar surface area (TPSA) is 98.4 Å². The number of amides is 2. The zero-order valence-electron chi connectivity index (χ0n) is 21.5. The molecule has 37 heavy (non-hydrogen) atoms. The van der Waals surface area contributed by atoms with Crippen molar-refractivity contribution in [3.05, 3.63) is 71.3 Å². The molecule has 6 rings (SSSR count). The third-order valence-corrected chi connectivity index (χ3v) is 7.90. The molecule has 0 N–H and O–H groups in total.